The standard InChI is InChI=1S/C25H24ClN3O4/c1-29-10-9-16-12-20-23(33-14-32-20)24(31-2)22(16)19(29)11-15-3-6-18(7-4-15)28-25(30)17-5-8-21(26)27-13-17/h3-8,12-13,19H,9-11,14H2,1-2H3,(H,28,30)/t19-/m1/s1. The summed E-state index contributed by atoms with van der Waals surface area (Å²) in [5.74, 6) is 1.97. The van der Waals surface area contributed by atoms with Crippen LogP contribution in [0.2, 0.25) is 5.15 Å². The molecule has 0 unspecified atom stereocenters. The van der Waals surface area contributed by atoms with Gasteiger partial charge in [0.1, 0.15) is 5.15 Å². The summed E-state index contributed by atoms with van der Waals surface area (Å²) >= 11 is 5.80. The van der Waals surface area contributed by atoms with E-state index in [0.29, 0.717) is 16.5 Å². The molecule has 1 N–H and O–H groups in total. The number of benzene rings is 2. The first-order valence-electron chi connectivity index (χ1n) is 10.7. The molecule has 7 nitrogen and oxygen atoms in total. The lowest BCUT2D eigenvalue weighted by Gasteiger charge is -2.36. The Bertz CT molecular complexity index is 1180. The van der Waals surface area contributed by atoms with Gasteiger partial charge in [-0.3, -0.25) is 9.69 Å². The zero-order chi connectivity index (χ0) is 22.9. The Kier molecular flexibility index (Phi) is 5.83. The van der Waals surface area contributed by atoms with Crippen molar-refractivity contribution in [2.45, 2.75) is 18.9 Å². The highest BCUT2D eigenvalue weighted by molar-refractivity contribution is 6.29. The van der Waals surface area contributed by atoms with Crippen molar-refractivity contribution in [3.63, 3.8) is 0 Å². The number of hydrogen-bond acceptors (Lipinski definition) is 6. The number of likely N-dealkylation sites (N-methyl/N-ethyl adjacent to an activating group) is 1. The number of anilines is 1. The van der Waals surface area contributed by atoms with Crippen LogP contribution in [0.1, 0.15) is 33.1 Å². The molecule has 1 aromatic heterocycles. The first-order chi connectivity index (χ1) is 16.0. The largest absolute Gasteiger partial charge is 0.492 e. The van der Waals surface area contributed by atoms with Crippen LogP contribution >= 0.6 is 11.6 Å². The van der Waals surface area contributed by atoms with Crippen LogP contribution in [0, 0.1) is 0 Å². The Morgan fingerprint density at radius 3 is 2.79 bits per heavy atom. The molecule has 0 bridgehead atoms. The minimum absolute atomic E-state index is 0.138. The van der Waals surface area contributed by atoms with Gasteiger partial charge < -0.3 is 19.5 Å². The predicted molar refractivity (Wildman–Crippen MR) is 126 cm³/mol. The van der Waals surface area contributed by atoms with E-state index in [9.17, 15) is 4.79 Å². The molecule has 3 aromatic rings. The third-order valence-electron chi connectivity index (χ3n) is 6.18. The molecule has 2 aromatic carbocycles. The molecule has 0 spiro atoms. The normalized spacial score (nSPS) is 16.9. The van der Waals surface area contributed by atoms with Gasteiger partial charge in [0.05, 0.1) is 12.7 Å². The Morgan fingerprint density at radius 2 is 2.06 bits per heavy atom. The Morgan fingerprint density at radius 1 is 1.24 bits per heavy atom. The molecule has 0 aliphatic carbocycles. The van der Waals surface area contributed by atoms with E-state index in [4.69, 9.17) is 25.8 Å². The zero-order valence-electron chi connectivity index (χ0n) is 18.4. The number of amides is 1. The lowest BCUT2D eigenvalue weighted by atomic mass is 9.87. The van der Waals surface area contributed by atoms with E-state index in [-0.39, 0.29) is 18.7 Å². The smallest absolute Gasteiger partial charge is 0.257 e. The molecule has 0 fully saturated rings. The van der Waals surface area contributed by atoms with Crippen LogP contribution in [0.25, 0.3) is 0 Å². The van der Waals surface area contributed by atoms with Crippen LogP contribution in [-0.2, 0) is 12.8 Å². The molecule has 0 saturated heterocycles. The topological polar surface area (TPSA) is 72.9 Å². The molecule has 3 heterocycles. The van der Waals surface area contributed by atoms with Crippen molar-refractivity contribution in [2.75, 3.05) is 32.8 Å². The van der Waals surface area contributed by atoms with Gasteiger partial charge in [-0.1, -0.05) is 23.7 Å². The third-order valence-corrected chi connectivity index (χ3v) is 6.40. The average Bonchev–Trinajstić information content (AvgIpc) is 3.29. The van der Waals surface area contributed by atoms with Gasteiger partial charge in [0.25, 0.3) is 5.91 Å². The van der Waals surface area contributed by atoms with E-state index in [1.165, 1.54) is 11.8 Å². The Labute approximate surface area is 197 Å². The molecule has 8 heteroatoms. The molecule has 2 aliphatic heterocycles. The maximum Gasteiger partial charge on any atom is 0.257 e. The van der Waals surface area contributed by atoms with E-state index in [1.807, 2.05) is 24.3 Å². The van der Waals surface area contributed by atoms with E-state index < -0.39 is 0 Å². The van der Waals surface area contributed by atoms with Crippen molar-refractivity contribution >= 4 is 23.2 Å². The molecule has 170 valence electrons. The second-order valence-corrected chi connectivity index (χ2v) is 8.57. The molecule has 0 radical (unpaired) electrons. The van der Waals surface area contributed by atoms with Gasteiger partial charge >= 0.3 is 0 Å². The highest BCUT2D eigenvalue weighted by atomic mass is 35.5. The van der Waals surface area contributed by atoms with Gasteiger partial charge in [-0.25, -0.2) is 4.98 Å². The van der Waals surface area contributed by atoms with Crippen LogP contribution in [0.3, 0.4) is 0 Å². The van der Waals surface area contributed by atoms with Crippen molar-refractivity contribution in [1.82, 2.24) is 9.88 Å². The van der Waals surface area contributed by atoms with Crippen LogP contribution < -0.4 is 19.5 Å². The Hall–Kier alpha value is -3.29. The number of nitrogens with one attached hydrogen (secondary N) is 1. The van der Waals surface area contributed by atoms with E-state index in [0.717, 1.165) is 47.7 Å². The van der Waals surface area contributed by atoms with Gasteiger partial charge in [-0.2, -0.15) is 0 Å². The van der Waals surface area contributed by atoms with Crippen LogP contribution in [0.4, 0.5) is 5.69 Å². The molecular formula is C25H24ClN3O4. The molecular weight excluding hydrogens is 442 g/mol. The van der Waals surface area contributed by atoms with Crippen molar-refractivity contribution in [2.24, 2.45) is 0 Å². The number of methoxy groups -OCH3 is 1. The van der Waals surface area contributed by atoms with Gasteiger partial charge in [0, 0.05) is 30.0 Å². The molecule has 1 atom stereocenters. The molecule has 33 heavy (non-hydrogen) atoms. The summed E-state index contributed by atoms with van der Waals surface area (Å²) in [4.78, 5) is 18.7. The number of carbonyl (C=O) groups is 1. The summed E-state index contributed by atoms with van der Waals surface area (Å²) in [5.41, 5.74) is 4.72. The Balaban J connectivity index is 1.36. The quantitative estimate of drug-likeness (QED) is 0.559. The monoisotopic (exact) mass is 465 g/mol. The molecule has 5 rings (SSSR count). The first kappa shape index (κ1) is 21.6. The predicted octanol–water partition coefficient (Wildman–Crippen LogP) is 4.50. The maximum absolute atomic E-state index is 12.4. The van der Waals surface area contributed by atoms with Crippen molar-refractivity contribution in [1.29, 1.82) is 0 Å². The number of fused-ring (bicyclic) bond motifs is 2. The van der Waals surface area contributed by atoms with Crippen LogP contribution in [0.15, 0.2) is 48.7 Å². The van der Waals surface area contributed by atoms with Crippen LogP contribution in [-0.4, -0.2) is 43.3 Å². The fourth-order valence-corrected chi connectivity index (χ4v) is 4.56. The molecule has 2 aliphatic rings. The number of nitrogens with zero attached hydrogens (tertiary/aromatic N) is 2. The van der Waals surface area contributed by atoms with E-state index in [1.54, 1.807) is 19.2 Å². The maximum atomic E-state index is 12.4. The summed E-state index contributed by atoms with van der Waals surface area (Å²) in [7, 11) is 3.81. The number of aromatic nitrogens is 1. The summed E-state index contributed by atoms with van der Waals surface area (Å²) in [6.45, 7) is 1.16. The minimum atomic E-state index is -0.228. The first-order valence-corrected chi connectivity index (χ1v) is 11.1. The van der Waals surface area contributed by atoms with Crippen LogP contribution in [0.5, 0.6) is 17.2 Å². The lowest BCUT2D eigenvalue weighted by Crippen LogP contribution is -2.33. The van der Waals surface area contributed by atoms with E-state index >= 15 is 0 Å². The SMILES string of the molecule is COc1c2c(cc3c1[C@@H](Cc1ccc(NC(=O)c4ccc(Cl)nc4)cc1)N(C)CC3)OCO2. The summed E-state index contributed by atoms with van der Waals surface area (Å²) in [5, 5.41) is 3.25. The van der Waals surface area contributed by atoms with Crippen molar-refractivity contribution in [3.8, 4) is 17.2 Å². The van der Waals surface area contributed by atoms with Gasteiger partial charge in [-0.05, 0) is 61.3 Å². The highest BCUT2D eigenvalue weighted by Gasteiger charge is 2.33. The summed E-state index contributed by atoms with van der Waals surface area (Å²) < 4.78 is 17.1. The fourth-order valence-electron chi connectivity index (χ4n) is 4.44. The number of pyridine rings is 1. The number of rotatable bonds is 5. The van der Waals surface area contributed by atoms with Gasteiger partial charge in [-0.15, -0.1) is 0 Å². The third kappa shape index (κ3) is 4.21. The zero-order valence-corrected chi connectivity index (χ0v) is 19.2. The second-order valence-electron chi connectivity index (χ2n) is 8.19. The number of carbonyl (C=O) groups excluding carboxylic acids is 1. The molecule has 0 saturated carbocycles. The second kappa shape index (κ2) is 8.92. The van der Waals surface area contributed by atoms with Crippen molar-refractivity contribution < 1.29 is 19.0 Å². The van der Waals surface area contributed by atoms with E-state index in [2.05, 4.69) is 28.3 Å². The number of halogens is 1. The minimum Gasteiger partial charge on any atom is -0.492 e. The fraction of sp³-hybridized carbons (Fsp3) is 0.280. The van der Waals surface area contributed by atoms with Gasteiger partial charge in [0.2, 0.25) is 12.5 Å². The summed E-state index contributed by atoms with van der Waals surface area (Å²) in [6, 6.07) is 13.4. The number of hydrogen-bond donors (Lipinski definition) is 1. The van der Waals surface area contributed by atoms with Gasteiger partial charge in [0.15, 0.2) is 11.5 Å². The number of ether oxygens (including phenoxy) is 3. The van der Waals surface area contributed by atoms with Crippen molar-refractivity contribution in [3.05, 3.63) is 76.1 Å². The lowest BCUT2D eigenvalue weighted by molar-refractivity contribution is 0.102. The molecule has 1 amide bonds. The average molecular weight is 466 g/mol. The highest BCUT2D eigenvalue weighted by Crippen LogP contribution is 2.49. The summed E-state index contributed by atoms with van der Waals surface area (Å²) in [6.07, 6.45) is 3.19.